The number of benzene rings is 1. The summed E-state index contributed by atoms with van der Waals surface area (Å²) in [6, 6.07) is 7.86. The molecule has 1 aliphatic rings. The minimum Gasteiger partial charge on any atom is -0.492 e. The zero-order valence-corrected chi connectivity index (χ0v) is 12.9. The minimum absolute atomic E-state index is 0.112. The Morgan fingerprint density at radius 3 is 2.89 bits per heavy atom. The topological polar surface area (TPSA) is 12.5 Å². The standard InChI is InChI=1S/C14H18F2INO/c15-14(16)9-18-7-3-4-11(8-18)10-19-13-6-2-1-5-12(13)17/h1-2,5-6,11,14H,3-4,7-10H2. The third-order valence-electron chi connectivity index (χ3n) is 3.31. The summed E-state index contributed by atoms with van der Waals surface area (Å²) in [6.07, 6.45) is -0.204. The molecule has 1 unspecified atom stereocenters. The van der Waals surface area contributed by atoms with Crippen LogP contribution in [0.25, 0.3) is 0 Å². The van der Waals surface area contributed by atoms with Gasteiger partial charge in [-0.3, -0.25) is 4.90 Å². The fraction of sp³-hybridized carbons (Fsp3) is 0.571. The van der Waals surface area contributed by atoms with E-state index in [1.165, 1.54) is 0 Å². The van der Waals surface area contributed by atoms with Crippen LogP contribution in [0.15, 0.2) is 24.3 Å². The van der Waals surface area contributed by atoms with Gasteiger partial charge in [0.2, 0.25) is 0 Å². The number of hydrogen-bond acceptors (Lipinski definition) is 2. The second-order valence-electron chi connectivity index (χ2n) is 4.90. The van der Waals surface area contributed by atoms with Crippen LogP contribution in [-0.4, -0.2) is 37.6 Å². The van der Waals surface area contributed by atoms with E-state index in [1.807, 2.05) is 29.2 Å². The number of hydrogen-bond donors (Lipinski definition) is 0. The molecular formula is C14H18F2INO. The highest BCUT2D eigenvalue weighted by atomic mass is 127. The zero-order chi connectivity index (χ0) is 13.7. The van der Waals surface area contributed by atoms with Gasteiger partial charge in [0.15, 0.2) is 0 Å². The molecule has 0 amide bonds. The monoisotopic (exact) mass is 381 g/mol. The van der Waals surface area contributed by atoms with Gasteiger partial charge in [0.05, 0.1) is 16.7 Å². The molecule has 2 rings (SSSR count). The predicted molar refractivity (Wildman–Crippen MR) is 79.8 cm³/mol. The van der Waals surface area contributed by atoms with Crippen LogP contribution in [-0.2, 0) is 0 Å². The number of halogens is 3. The highest BCUT2D eigenvalue weighted by molar-refractivity contribution is 14.1. The molecule has 1 aromatic carbocycles. The molecule has 5 heteroatoms. The summed E-state index contributed by atoms with van der Waals surface area (Å²) in [7, 11) is 0. The maximum Gasteiger partial charge on any atom is 0.251 e. The largest absolute Gasteiger partial charge is 0.492 e. The number of piperidine rings is 1. The highest BCUT2D eigenvalue weighted by Crippen LogP contribution is 2.23. The SMILES string of the molecule is FC(F)CN1CCCC(COc2ccccc2I)C1. The lowest BCUT2D eigenvalue weighted by atomic mass is 9.99. The van der Waals surface area contributed by atoms with E-state index in [0.717, 1.165) is 28.7 Å². The van der Waals surface area contributed by atoms with Crippen LogP contribution in [0.5, 0.6) is 5.75 Å². The van der Waals surface area contributed by atoms with Gasteiger partial charge in [0.25, 0.3) is 6.43 Å². The molecule has 2 nitrogen and oxygen atoms in total. The van der Waals surface area contributed by atoms with Crippen molar-refractivity contribution in [2.45, 2.75) is 19.3 Å². The third-order valence-corrected chi connectivity index (χ3v) is 4.20. The molecule has 0 N–H and O–H groups in total. The Morgan fingerprint density at radius 2 is 2.16 bits per heavy atom. The average molecular weight is 381 g/mol. The van der Waals surface area contributed by atoms with Gasteiger partial charge in [0, 0.05) is 12.5 Å². The lowest BCUT2D eigenvalue weighted by molar-refractivity contribution is 0.0551. The van der Waals surface area contributed by atoms with Crippen LogP contribution < -0.4 is 4.74 Å². The highest BCUT2D eigenvalue weighted by Gasteiger charge is 2.22. The summed E-state index contributed by atoms with van der Waals surface area (Å²) in [5.74, 6) is 1.23. The Bertz CT molecular complexity index is 403. The first-order chi connectivity index (χ1) is 9.15. The van der Waals surface area contributed by atoms with Gasteiger partial charge in [-0.1, -0.05) is 12.1 Å². The Kier molecular flexibility index (Phi) is 5.81. The van der Waals surface area contributed by atoms with Gasteiger partial charge in [-0.25, -0.2) is 8.78 Å². The molecule has 106 valence electrons. The van der Waals surface area contributed by atoms with Crippen LogP contribution in [0.1, 0.15) is 12.8 Å². The maximum absolute atomic E-state index is 12.4. The van der Waals surface area contributed by atoms with Gasteiger partial charge < -0.3 is 4.74 Å². The number of nitrogens with zero attached hydrogens (tertiary/aromatic N) is 1. The van der Waals surface area contributed by atoms with Crippen molar-refractivity contribution in [2.24, 2.45) is 5.92 Å². The van der Waals surface area contributed by atoms with Crippen LogP contribution in [0, 0.1) is 9.49 Å². The van der Waals surface area contributed by atoms with E-state index in [1.54, 1.807) is 0 Å². The van der Waals surface area contributed by atoms with Crippen molar-refractivity contribution < 1.29 is 13.5 Å². The van der Waals surface area contributed by atoms with Crippen LogP contribution in [0.3, 0.4) is 0 Å². The molecule has 19 heavy (non-hydrogen) atoms. The number of rotatable bonds is 5. The molecule has 1 aromatic rings. The zero-order valence-electron chi connectivity index (χ0n) is 10.7. The van der Waals surface area contributed by atoms with E-state index < -0.39 is 6.43 Å². The molecular weight excluding hydrogens is 363 g/mol. The number of ether oxygens (including phenoxy) is 1. The first kappa shape index (κ1) is 15.0. The predicted octanol–water partition coefficient (Wildman–Crippen LogP) is 3.65. The summed E-state index contributed by atoms with van der Waals surface area (Å²) in [4.78, 5) is 1.85. The van der Waals surface area contributed by atoms with E-state index in [-0.39, 0.29) is 6.54 Å². The Hall–Kier alpha value is -0.430. The average Bonchev–Trinajstić information content (AvgIpc) is 2.37. The van der Waals surface area contributed by atoms with Crippen molar-refractivity contribution in [2.75, 3.05) is 26.2 Å². The number of para-hydroxylation sites is 1. The molecule has 0 aliphatic carbocycles. The van der Waals surface area contributed by atoms with Gasteiger partial charge >= 0.3 is 0 Å². The van der Waals surface area contributed by atoms with E-state index in [2.05, 4.69) is 22.6 Å². The molecule has 1 atom stereocenters. The van der Waals surface area contributed by atoms with Crippen LogP contribution in [0.4, 0.5) is 8.78 Å². The van der Waals surface area contributed by atoms with E-state index in [4.69, 9.17) is 4.74 Å². The summed E-state index contributed by atoms with van der Waals surface area (Å²) in [5.41, 5.74) is 0. The van der Waals surface area contributed by atoms with Crippen LogP contribution >= 0.6 is 22.6 Å². The van der Waals surface area contributed by atoms with Crippen molar-refractivity contribution in [1.29, 1.82) is 0 Å². The summed E-state index contributed by atoms with van der Waals surface area (Å²) in [6.45, 7) is 2.00. The summed E-state index contributed by atoms with van der Waals surface area (Å²) < 4.78 is 31.6. The fourth-order valence-corrected chi connectivity index (χ4v) is 2.96. The second kappa shape index (κ2) is 7.38. The lowest BCUT2D eigenvalue weighted by Gasteiger charge is -2.32. The van der Waals surface area contributed by atoms with Gasteiger partial charge in [-0.05, 0) is 54.1 Å². The molecule has 0 saturated carbocycles. The van der Waals surface area contributed by atoms with Gasteiger partial charge in [-0.15, -0.1) is 0 Å². The Balaban J connectivity index is 1.81. The van der Waals surface area contributed by atoms with Crippen LogP contribution in [0.2, 0.25) is 0 Å². The molecule has 1 saturated heterocycles. The summed E-state index contributed by atoms with van der Waals surface area (Å²) >= 11 is 2.24. The summed E-state index contributed by atoms with van der Waals surface area (Å²) in [5, 5.41) is 0. The second-order valence-corrected chi connectivity index (χ2v) is 6.06. The van der Waals surface area contributed by atoms with Crippen molar-refractivity contribution >= 4 is 22.6 Å². The molecule has 0 aromatic heterocycles. The normalized spacial score (nSPS) is 20.7. The maximum atomic E-state index is 12.4. The molecule has 1 fully saturated rings. The van der Waals surface area contributed by atoms with Crippen molar-refractivity contribution in [3.63, 3.8) is 0 Å². The molecule has 1 heterocycles. The first-order valence-corrected chi connectivity index (χ1v) is 7.61. The Morgan fingerprint density at radius 1 is 1.37 bits per heavy atom. The number of alkyl halides is 2. The van der Waals surface area contributed by atoms with Crippen molar-refractivity contribution in [3.05, 3.63) is 27.8 Å². The molecule has 0 radical (unpaired) electrons. The van der Waals surface area contributed by atoms with Gasteiger partial charge in [0.1, 0.15) is 5.75 Å². The first-order valence-electron chi connectivity index (χ1n) is 6.53. The fourth-order valence-electron chi connectivity index (χ4n) is 2.42. The molecule has 0 bridgehead atoms. The van der Waals surface area contributed by atoms with E-state index in [9.17, 15) is 8.78 Å². The van der Waals surface area contributed by atoms with Gasteiger partial charge in [-0.2, -0.15) is 0 Å². The Labute approximate surface area is 126 Å². The minimum atomic E-state index is -2.24. The molecule has 0 spiro atoms. The number of likely N-dealkylation sites (tertiary alicyclic amines) is 1. The third kappa shape index (κ3) is 4.87. The van der Waals surface area contributed by atoms with Crippen molar-refractivity contribution in [1.82, 2.24) is 4.90 Å². The smallest absolute Gasteiger partial charge is 0.251 e. The quantitative estimate of drug-likeness (QED) is 0.723. The van der Waals surface area contributed by atoms with E-state index in [0.29, 0.717) is 19.1 Å². The molecule has 1 aliphatic heterocycles. The lowest BCUT2D eigenvalue weighted by Crippen LogP contribution is -2.40. The van der Waals surface area contributed by atoms with Crippen molar-refractivity contribution in [3.8, 4) is 5.75 Å². The van der Waals surface area contributed by atoms with E-state index >= 15 is 0 Å².